The molecule has 2 aromatic rings. The number of ether oxygens (including phenoxy) is 1. The molecule has 4 rings (SSSR count). The lowest BCUT2D eigenvalue weighted by atomic mass is 9.68. The van der Waals surface area contributed by atoms with Crippen LogP contribution in [0, 0.1) is 5.41 Å². The van der Waals surface area contributed by atoms with Crippen LogP contribution in [0.5, 0.6) is 0 Å². The van der Waals surface area contributed by atoms with E-state index in [-0.39, 0.29) is 17.2 Å². The molecule has 3 atom stereocenters. The molecular formula is C26H32N2O4. The van der Waals surface area contributed by atoms with Gasteiger partial charge in [0, 0.05) is 24.2 Å². The number of hydrogen-bond donors (Lipinski definition) is 2. The number of morpholine rings is 1. The first-order valence-corrected chi connectivity index (χ1v) is 11.4. The normalized spacial score (nSPS) is 22.5. The van der Waals surface area contributed by atoms with E-state index in [0.717, 1.165) is 19.3 Å². The van der Waals surface area contributed by atoms with E-state index in [9.17, 15) is 14.7 Å². The van der Waals surface area contributed by atoms with Crippen molar-refractivity contribution >= 4 is 11.8 Å². The number of amides is 2. The minimum atomic E-state index is -0.665. The van der Waals surface area contributed by atoms with Crippen molar-refractivity contribution in [2.24, 2.45) is 5.41 Å². The Bertz CT molecular complexity index is 968. The lowest BCUT2D eigenvalue weighted by Crippen LogP contribution is -2.50. The SMILES string of the molecule is CC(NC(=O)c1ccc(C(=O)N2CCOCC2)cc1)[C@H](O)C1(C)CCc2ccccc2C1. The zero-order valence-electron chi connectivity index (χ0n) is 18.8. The number of benzene rings is 2. The number of aliphatic hydroxyl groups excluding tert-OH is 1. The molecular weight excluding hydrogens is 404 g/mol. The minimum absolute atomic E-state index is 0.0467. The molecule has 1 heterocycles. The van der Waals surface area contributed by atoms with Gasteiger partial charge in [0.1, 0.15) is 0 Å². The summed E-state index contributed by atoms with van der Waals surface area (Å²) in [7, 11) is 0. The molecule has 2 aromatic carbocycles. The Kier molecular flexibility index (Phi) is 6.63. The van der Waals surface area contributed by atoms with Crippen molar-refractivity contribution < 1.29 is 19.4 Å². The fourth-order valence-corrected chi connectivity index (χ4v) is 4.86. The zero-order chi connectivity index (χ0) is 22.7. The molecule has 170 valence electrons. The number of hydrogen-bond acceptors (Lipinski definition) is 4. The van der Waals surface area contributed by atoms with Gasteiger partial charge in [-0.3, -0.25) is 9.59 Å². The summed E-state index contributed by atoms with van der Waals surface area (Å²) < 4.78 is 5.29. The second-order valence-corrected chi connectivity index (χ2v) is 9.29. The third kappa shape index (κ3) is 4.71. The molecule has 1 aliphatic carbocycles. The van der Waals surface area contributed by atoms with Crippen LogP contribution in [0.3, 0.4) is 0 Å². The predicted molar refractivity (Wildman–Crippen MR) is 123 cm³/mol. The van der Waals surface area contributed by atoms with Gasteiger partial charge in [0.15, 0.2) is 0 Å². The Balaban J connectivity index is 1.37. The van der Waals surface area contributed by atoms with Gasteiger partial charge in [0.05, 0.1) is 25.4 Å². The first kappa shape index (κ1) is 22.5. The number of rotatable bonds is 5. The topological polar surface area (TPSA) is 78.9 Å². The number of nitrogens with zero attached hydrogens (tertiary/aromatic N) is 1. The molecule has 0 aromatic heterocycles. The molecule has 2 aliphatic rings. The Morgan fingerprint density at radius 1 is 1.03 bits per heavy atom. The van der Waals surface area contributed by atoms with Crippen molar-refractivity contribution in [3.63, 3.8) is 0 Å². The van der Waals surface area contributed by atoms with Gasteiger partial charge in [0.25, 0.3) is 11.8 Å². The molecule has 1 saturated heterocycles. The van der Waals surface area contributed by atoms with Crippen LogP contribution in [0.4, 0.5) is 0 Å². The second kappa shape index (κ2) is 9.43. The number of carbonyl (C=O) groups excluding carboxylic acids is 2. The van der Waals surface area contributed by atoms with Gasteiger partial charge in [-0.1, -0.05) is 31.2 Å². The van der Waals surface area contributed by atoms with E-state index in [4.69, 9.17) is 4.74 Å². The Morgan fingerprint density at radius 3 is 2.34 bits per heavy atom. The van der Waals surface area contributed by atoms with Gasteiger partial charge in [-0.25, -0.2) is 0 Å². The Morgan fingerprint density at radius 2 is 1.66 bits per heavy atom. The fourth-order valence-electron chi connectivity index (χ4n) is 4.86. The predicted octanol–water partition coefficient (Wildman–Crippen LogP) is 2.83. The standard InChI is InChI=1S/C26H32N2O4/c1-18(23(29)26(2)12-11-19-5-3-4-6-22(19)17-26)27-24(30)20-7-9-21(10-8-20)25(31)28-13-15-32-16-14-28/h3-10,18,23,29H,11-17H2,1-2H3,(H,27,30)/t18?,23-,26?/m0/s1. The molecule has 1 aliphatic heterocycles. The minimum Gasteiger partial charge on any atom is -0.390 e. The lowest BCUT2D eigenvalue weighted by Gasteiger charge is -2.41. The van der Waals surface area contributed by atoms with Gasteiger partial charge in [-0.05, 0) is 67.0 Å². The molecule has 2 amide bonds. The van der Waals surface area contributed by atoms with E-state index in [1.807, 2.05) is 13.0 Å². The van der Waals surface area contributed by atoms with E-state index in [0.29, 0.717) is 37.4 Å². The fraction of sp³-hybridized carbons (Fsp3) is 0.462. The third-order valence-corrected chi connectivity index (χ3v) is 6.92. The highest BCUT2D eigenvalue weighted by molar-refractivity contribution is 5.98. The smallest absolute Gasteiger partial charge is 0.254 e. The summed E-state index contributed by atoms with van der Waals surface area (Å²) in [5, 5.41) is 14.1. The van der Waals surface area contributed by atoms with Crippen LogP contribution in [0.25, 0.3) is 0 Å². The van der Waals surface area contributed by atoms with Crippen molar-refractivity contribution in [2.45, 2.75) is 45.3 Å². The summed E-state index contributed by atoms with van der Waals surface area (Å²) in [6.45, 7) is 6.22. The third-order valence-electron chi connectivity index (χ3n) is 6.92. The van der Waals surface area contributed by atoms with Gasteiger partial charge in [0.2, 0.25) is 0 Å². The summed E-state index contributed by atoms with van der Waals surface area (Å²) in [4.78, 5) is 27.1. The highest BCUT2D eigenvalue weighted by Crippen LogP contribution is 2.39. The van der Waals surface area contributed by atoms with Crippen molar-refractivity contribution in [1.29, 1.82) is 0 Å². The van der Waals surface area contributed by atoms with Crippen LogP contribution in [0.15, 0.2) is 48.5 Å². The van der Waals surface area contributed by atoms with E-state index >= 15 is 0 Å². The molecule has 0 spiro atoms. The maximum absolute atomic E-state index is 12.8. The summed E-state index contributed by atoms with van der Waals surface area (Å²) in [6.07, 6.45) is 1.94. The first-order chi connectivity index (χ1) is 15.4. The van der Waals surface area contributed by atoms with Gasteiger partial charge in [-0.15, -0.1) is 0 Å². The molecule has 2 N–H and O–H groups in total. The molecule has 0 radical (unpaired) electrons. The number of carbonyl (C=O) groups is 2. The van der Waals surface area contributed by atoms with Crippen LogP contribution in [-0.4, -0.2) is 60.3 Å². The lowest BCUT2D eigenvalue weighted by molar-refractivity contribution is 0.00309. The van der Waals surface area contributed by atoms with Crippen molar-refractivity contribution in [2.75, 3.05) is 26.3 Å². The average molecular weight is 437 g/mol. The molecule has 0 bridgehead atoms. The number of nitrogens with one attached hydrogen (secondary N) is 1. The van der Waals surface area contributed by atoms with Gasteiger partial charge < -0.3 is 20.1 Å². The first-order valence-electron chi connectivity index (χ1n) is 11.4. The maximum atomic E-state index is 12.8. The average Bonchev–Trinajstić information content (AvgIpc) is 2.83. The van der Waals surface area contributed by atoms with Gasteiger partial charge in [-0.2, -0.15) is 0 Å². The molecule has 1 fully saturated rings. The van der Waals surface area contributed by atoms with E-state index in [1.54, 1.807) is 29.2 Å². The highest BCUT2D eigenvalue weighted by atomic mass is 16.5. The largest absolute Gasteiger partial charge is 0.390 e. The summed E-state index contributed by atoms with van der Waals surface area (Å²) in [5.41, 5.74) is 3.36. The van der Waals surface area contributed by atoms with Crippen LogP contribution in [0.1, 0.15) is 52.1 Å². The number of aliphatic hydroxyl groups is 1. The van der Waals surface area contributed by atoms with E-state index < -0.39 is 12.1 Å². The Labute approximate surface area is 189 Å². The van der Waals surface area contributed by atoms with Crippen molar-refractivity contribution in [3.8, 4) is 0 Å². The molecule has 6 nitrogen and oxygen atoms in total. The van der Waals surface area contributed by atoms with E-state index in [1.165, 1.54) is 11.1 Å². The van der Waals surface area contributed by atoms with Crippen LogP contribution in [-0.2, 0) is 17.6 Å². The van der Waals surface area contributed by atoms with Gasteiger partial charge >= 0.3 is 0 Å². The molecule has 6 heteroatoms. The molecule has 32 heavy (non-hydrogen) atoms. The van der Waals surface area contributed by atoms with Crippen LogP contribution < -0.4 is 5.32 Å². The number of fused-ring (bicyclic) bond motifs is 1. The summed E-state index contributed by atoms with van der Waals surface area (Å²) in [6, 6.07) is 14.7. The highest BCUT2D eigenvalue weighted by Gasteiger charge is 2.39. The quantitative estimate of drug-likeness (QED) is 0.756. The van der Waals surface area contributed by atoms with E-state index in [2.05, 4.69) is 30.4 Å². The summed E-state index contributed by atoms with van der Waals surface area (Å²) >= 11 is 0. The Hall–Kier alpha value is -2.70. The zero-order valence-corrected chi connectivity index (χ0v) is 18.8. The summed E-state index contributed by atoms with van der Waals surface area (Å²) in [5.74, 6) is -0.295. The molecule has 0 saturated carbocycles. The van der Waals surface area contributed by atoms with Crippen molar-refractivity contribution in [1.82, 2.24) is 10.2 Å². The van der Waals surface area contributed by atoms with Crippen LogP contribution >= 0.6 is 0 Å². The van der Waals surface area contributed by atoms with Crippen molar-refractivity contribution in [3.05, 3.63) is 70.8 Å². The monoisotopic (exact) mass is 436 g/mol. The maximum Gasteiger partial charge on any atom is 0.254 e. The van der Waals surface area contributed by atoms with Crippen LogP contribution in [0.2, 0.25) is 0 Å². The number of aryl methyl sites for hydroxylation is 1. The second-order valence-electron chi connectivity index (χ2n) is 9.29. The molecule has 2 unspecified atom stereocenters.